The summed E-state index contributed by atoms with van der Waals surface area (Å²) >= 11 is 0. The second-order valence-electron chi connectivity index (χ2n) is 9.92. The maximum Gasteiger partial charge on any atom is 0.179 e. The quantitative estimate of drug-likeness (QED) is 0.462. The van der Waals surface area contributed by atoms with E-state index in [1.54, 1.807) is 0 Å². The third-order valence-corrected chi connectivity index (χ3v) is 7.51. The number of anilines is 1. The van der Waals surface area contributed by atoms with Crippen LogP contribution in [0.15, 0.2) is 30.3 Å². The molecule has 7 nitrogen and oxygen atoms in total. The summed E-state index contributed by atoms with van der Waals surface area (Å²) in [6, 6.07) is 10.2. The van der Waals surface area contributed by atoms with Gasteiger partial charge in [-0.2, -0.15) is 10.2 Å². The first-order valence-electron chi connectivity index (χ1n) is 12.9. The van der Waals surface area contributed by atoms with Crippen LogP contribution in [0.2, 0.25) is 0 Å². The van der Waals surface area contributed by atoms with Gasteiger partial charge in [-0.25, -0.2) is 4.68 Å². The molecule has 7 heteroatoms. The van der Waals surface area contributed by atoms with Gasteiger partial charge in [-0.05, 0) is 84.1 Å². The Morgan fingerprint density at radius 3 is 2.59 bits per heavy atom. The fourth-order valence-electron chi connectivity index (χ4n) is 5.62. The van der Waals surface area contributed by atoms with Gasteiger partial charge < -0.3 is 9.80 Å². The Morgan fingerprint density at radius 2 is 1.79 bits per heavy atom. The molecular weight excluding hydrogens is 424 g/mol. The number of benzene rings is 1. The molecule has 2 aliphatic rings. The van der Waals surface area contributed by atoms with E-state index in [9.17, 15) is 4.79 Å². The molecule has 2 aromatic heterocycles. The number of carbonyl (C=O) groups is 1. The first kappa shape index (κ1) is 23.0. The van der Waals surface area contributed by atoms with Crippen molar-refractivity contribution in [3.63, 3.8) is 0 Å². The minimum absolute atomic E-state index is 0.0796. The molecule has 0 spiro atoms. The van der Waals surface area contributed by atoms with Crippen LogP contribution in [-0.4, -0.2) is 63.4 Å². The van der Waals surface area contributed by atoms with E-state index in [1.165, 1.54) is 25.9 Å². The molecule has 5 rings (SSSR count). The lowest BCUT2D eigenvalue weighted by molar-refractivity contribution is -0.123. The molecule has 1 atom stereocenters. The summed E-state index contributed by atoms with van der Waals surface area (Å²) in [5, 5.41) is 15.1. The van der Waals surface area contributed by atoms with Crippen molar-refractivity contribution < 1.29 is 4.79 Å². The van der Waals surface area contributed by atoms with Gasteiger partial charge in [0.25, 0.3) is 0 Å². The molecule has 0 N–H and O–H groups in total. The molecule has 0 amide bonds. The van der Waals surface area contributed by atoms with Crippen molar-refractivity contribution in [1.82, 2.24) is 24.9 Å². The molecule has 3 aromatic rings. The highest BCUT2D eigenvalue weighted by molar-refractivity contribution is 5.92. The van der Waals surface area contributed by atoms with E-state index in [0.717, 1.165) is 79.1 Å². The van der Waals surface area contributed by atoms with E-state index in [0.29, 0.717) is 12.2 Å². The Bertz CT molecular complexity index is 1130. The topological polar surface area (TPSA) is 67.2 Å². The molecule has 2 aliphatic heterocycles. The Balaban J connectivity index is 1.30. The monoisotopic (exact) mass is 460 g/mol. The van der Waals surface area contributed by atoms with Crippen LogP contribution < -0.4 is 4.90 Å². The molecule has 2 fully saturated rings. The van der Waals surface area contributed by atoms with Gasteiger partial charge in [0, 0.05) is 25.4 Å². The van der Waals surface area contributed by atoms with Crippen LogP contribution in [0.1, 0.15) is 56.3 Å². The molecule has 0 aliphatic carbocycles. The number of piperidine rings is 1. The summed E-state index contributed by atoms with van der Waals surface area (Å²) in [6.45, 7) is 9.30. The van der Waals surface area contributed by atoms with Crippen molar-refractivity contribution in [3.8, 4) is 5.69 Å². The first-order valence-corrected chi connectivity index (χ1v) is 12.9. The number of nitrogens with zero attached hydrogens (tertiary/aromatic N) is 6. The maximum atomic E-state index is 13.0. The Kier molecular flexibility index (Phi) is 6.90. The highest BCUT2D eigenvalue weighted by Gasteiger charge is 2.29. The van der Waals surface area contributed by atoms with Gasteiger partial charge in [0.15, 0.2) is 5.82 Å². The van der Waals surface area contributed by atoms with Crippen molar-refractivity contribution in [2.45, 2.75) is 58.8 Å². The third-order valence-electron chi connectivity index (χ3n) is 7.51. The number of unbranched alkanes of at least 4 members (excludes halogenated alkanes) is 1. The minimum atomic E-state index is 0.0796. The lowest BCUT2D eigenvalue weighted by Gasteiger charge is -2.32. The zero-order chi connectivity index (χ0) is 23.5. The van der Waals surface area contributed by atoms with Gasteiger partial charge in [-0.15, -0.1) is 5.10 Å². The molecule has 2 saturated heterocycles. The fraction of sp³-hybridized carbons (Fsp3) is 0.556. The van der Waals surface area contributed by atoms with Gasteiger partial charge in [-0.3, -0.25) is 4.79 Å². The largest absolute Gasteiger partial charge is 0.353 e. The molecule has 1 aromatic carbocycles. The molecule has 0 bridgehead atoms. The van der Waals surface area contributed by atoms with Crippen LogP contribution in [0.4, 0.5) is 5.82 Å². The number of Topliss-reactive ketones (excluding diaryl/α,β-unsaturated/α-hetero) is 1. The van der Waals surface area contributed by atoms with Crippen LogP contribution >= 0.6 is 0 Å². The van der Waals surface area contributed by atoms with Crippen molar-refractivity contribution in [3.05, 3.63) is 41.7 Å². The molecule has 0 saturated carbocycles. The number of rotatable bonds is 8. The lowest BCUT2D eigenvalue weighted by atomic mass is 9.91. The zero-order valence-corrected chi connectivity index (χ0v) is 20.5. The van der Waals surface area contributed by atoms with Crippen molar-refractivity contribution in [2.24, 2.45) is 5.92 Å². The van der Waals surface area contributed by atoms with Crippen molar-refractivity contribution >= 4 is 22.5 Å². The van der Waals surface area contributed by atoms with E-state index in [2.05, 4.69) is 39.1 Å². The average Bonchev–Trinajstić information content (AvgIpc) is 3.51. The third kappa shape index (κ3) is 4.71. The fourth-order valence-corrected chi connectivity index (χ4v) is 5.62. The zero-order valence-electron chi connectivity index (χ0n) is 20.5. The Labute approximate surface area is 202 Å². The van der Waals surface area contributed by atoms with Crippen LogP contribution in [0, 0.1) is 19.8 Å². The predicted octanol–water partition coefficient (Wildman–Crippen LogP) is 4.48. The molecule has 1 unspecified atom stereocenters. The normalized spacial score (nSPS) is 19.2. The van der Waals surface area contributed by atoms with E-state index >= 15 is 0 Å². The maximum absolute atomic E-state index is 13.0. The summed E-state index contributed by atoms with van der Waals surface area (Å²) in [7, 11) is 0. The second kappa shape index (κ2) is 10.2. The summed E-state index contributed by atoms with van der Waals surface area (Å²) in [4.78, 5) is 17.8. The van der Waals surface area contributed by atoms with E-state index < -0.39 is 0 Å². The Morgan fingerprint density at radius 1 is 1.00 bits per heavy atom. The molecular formula is C27H36N6O. The van der Waals surface area contributed by atoms with E-state index in [-0.39, 0.29) is 5.92 Å². The predicted molar refractivity (Wildman–Crippen MR) is 136 cm³/mol. The van der Waals surface area contributed by atoms with Crippen LogP contribution in [-0.2, 0) is 4.79 Å². The highest BCUT2D eigenvalue weighted by Crippen LogP contribution is 2.32. The van der Waals surface area contributed by atoms with Crippen LogP contribution in [0.3, 0.4) is 0 Å². The van der Waals surface area contributed by atoms with Gasteiger partial charge in [0.1, 0.15) is 11.3 Å². The lowest BCUT2D eigenvalue weighted by Crippen LogP contribution is -2.39. The minimum Gasteiger partial charge on any atom is -0.353 e. The summed E-state index contributed by atoms with van der Waals surface area (Å²) < 4.78 is 1.98. The SMILES string of the molecule is Cc1nnc(N2CCCC(C(=O)CCCCN3CCCC3)C2)c2nn(-c3ccccc3)c(C)c12. The smallest absolute Gasteiger partial charge is 0.179 e. The van der Waals surface area contributed by atoms with Crippen molar-refractivity contribution in [2.75, 3.05) is 37.6 Å². The number of aryl methyl sites for hydroxylation is 2. The van der Waals surface area contributed by atoms with Crippen LogP contribution in [0.25, 0.3) is 16.6 Å². The van der Waals surface area contributed by atoms with Crippen LogP contribution in [0.5, 0.6) is 0 Å². The summed E-state index contributed by atoms with van der Waals surface area (Å²) in [5.74, 6) is 1.30. The average molecular weight is 461 g/mol. The van der Waals surface area contributed by atoms with Crippen molar-refractivity contribution in [1.29, 1.82) is 0 Å². The Hall–Kier alpha value is -2.80. The summed E-state index contributed by atoms with van der Waals surface area (Å²) in [5.41, 5.74) is 3.87. The molecule has 34 heavy (non-hydrogen) atoms. The highest BCUT2D eigenvalue weighted by atomic mass is 16.1. The van der Waals surface area contributed by atoms with Gasteiger partial charge >= 0.3 is 0 Å². The number of fused-ring (bicyclic) bond motifs is 1. The number of hydrogen-bond acceptors (Lipinski definition) is 6. The van der Waals surface area contributed by atoms with Gasteiger partial charge in [-0.1, -0.05) is 18.2 Å². The number of para-hydroxylation sites is 1. The summed E-state index contributed by atoms with van der Waals surface area (Å²) in [6.07, 6.45) is 7.46. The second-order valence-corrected chi connectivity index (χ2v) is 9.92. The molecule has 180 valence electrons. The van der Waals surface area contributed by atoms with Gasteiger partial charge in [0.05, 0.1) is 22.5 Å². The molecule has 0 radical (unpaired) electrons. The number of aromatic nitrogens is 4. The van der Waals surface area contributed by atoms with E-state index in [1.807, 2.05) is 29.8 Å². The van der Waals surface area contributed by atoms with Gasteiger partial charge in [0.2, 0.25) is 0 Å². The number of ketones is 1. The number of likely N-dealkylation sites (tertiary alicyclic amines) is 1. The standard InChI is InChI=1S/C27H36N6O/c1-20-25-21(2)33(23-12-4-3-5-13-23)30-26(25)27(29-28-20)32-18-10-11-22(19-32)24(34)14-6-7-15-31-16-8-9-17-31/h3-5,12-13,22H,6-11,14-19H2,1-2H3. The molecule has 4 heterocycles. The number of carbonyl (C=O) groups excluding carboxylic acids is 1. The van der Waals surface area contributed by atoms with E-state index in [4.69, 9.17) is 5.10 Å². The number of hydrogen-bond donors (Lipinski definition) is 0. The first-order chi connectivity index (χ1) is 16.6.